The molecule has 4 rings (SSSR count). The number of benzene rings is 1. The average molecular weight is 346 g/mol. The summed E-state index contributed by atoms with van der Waals surface area (Å²) in [5.41, 5.74) is 0.718. The van der Waals surface area contributed by atoms with Gasteiger partial charge in [0.05, 0.1) is 12.5 Å². The molecule has 0 bridgehead atoms. The SMILES string of the molecule is O=C(Cc1cccc(F)c1)N1CC[C@H]2C[C@H](c3nccs3)O[C@@H]2C1. The van der Waals surface area contributed by atoms with Gasteiger partial charge in [0.2, 0.25) is 5.91 Å². The number of hydrogen-bond acceptors (Lipinski definition) is 4. The molecule has 2 saturated heterocycles. The van der Waals surface area contributed by atoms with Gasteiger partial charge in [-0.3, -0.25) is 4.79 Å². The van der Waals surface area contributed by atoms with Crippen LogP contribution in [-0.2, 0) is 16.0 Å². The van der Waals surface area contributed by atoms with Gasteiger partial charge in [-0.1, -0.05) is 12.1 Å². The van der Waals surface area contributed by atoms with Crippen molar-refractivity contribution in [3.8, 4) is 0 Å². The van der Waals surface area contributed by atoms with E-state index >= 15 is 0 Å². The Morgan fingerprint density at radius 3 is 3.17 bits per heavy atom. The van der Waals surface area contributed by atoms with E-state index in [2.05, 4.69) is 4.98 Å². The molecule has 2 aliphatic rings. The van der Waals surface area contributed by atoms with Crippen molar-refractivity contribution in [1.82, 2.24) is 9.88 Å². The lowest BCUT2D eigenvalue weighted by molar-refractivity contribution is -0.134. The Balaban J connectivity index is 1.38. The van der Waals surface area contributed by atoms with Crippen molar-refractivity contribution in [2.24, 2.45) is 5.92 Å². The molecule has 0 radical (unpaired) electrons. The number of hydrogen-bond donors (Lipinski definition) is 0. The zero-order valence-corrected chi connectivity index (χ0v) is 14.0. The van der Waals surface area contributed by atoms with Gasteiger partial charge in [0.25, 0.3) is 0 Å². The molecular formula is C18H19FN2O2S. The number of ether oxygens (including phenoxy) is 1. The third kappa shape index (κ3) is 3.21. The number of amides is 1. The van der Waals surface area contributed by atoms with Gasteiger partial charge in [0, 0.05) is 24.7 Å². The van der Waals surface area contributed by atoms with E-state index in [9.17, 15) is 9.18 Å². The fraction of sp³-hybridized carbons (Fsp3) is 0.444. The third-order valence-corrected chi connectivity index (χ3v) is 5.74. The lowest BCUT2D eigenvalue weighted by Gasteiger charge is -2.34. The molecular weight excluding hydrogens is 327 g/mol. The summed E-state index contributed by atoms with van der Waals surface area (Å²) in [6.07, 6.45) is 4.15. The first-order valence-corrected chi connectivity index (χ1v) is 9.14. The number of aromatic nitrogens is 1. The largest absolute Gasteiger partial charge is 0.366 e. The van der Waals surface area contributed by atoms with Crippen molar-refractivity contribution in [3.05, 3.63) is 52.2 Å². The molecule has 4 nitrogen and oxygen atoms in total. The number of likely N-dealkylation sites (tertiary alicyclic amines) is 1. The highest BCUT2D eigenvalue weighted by atomic mass is 32.1. The minimum atomic E-state index is -0.301. The van der Waals surface area contributed by atoms with E-state index < -0.39 is 0 Å². The minimum Gasteiger partial charge on any atom is -0.366 e. The summed E-state index contributed by atoms with van der Waals surface area (Å²) in [4.78, 5) is 18.7. The van der Waals surface area contributed by atoms with Crippen LogP contribution in [0.2, 0.25) is 0 Å². The first-order valence-electron chi connectivity index (χ1n) is 8.26. The number of nitrogens with zero attached hydrogens (tertiary/aromatic N) is 2. The van der Waals surface area contributed by atoms with Crippen molar-refractivity contribution >= 4 is 17.2 Å². The summed E-state index contributed by atoms with van der Waals surface area (Å²) >= 11 is 1.62. The number of carbonyl (C=O) groups excluding carboxylic acids is 1. The third-order valence-electron chi connectivity index (χ3n) is 4.88. The summed E-state index contributed by atoms with van der Waals surface area (Å²) in [5.74, 6) is 0.238. The van der Waals surface area contributed by atoms with Crippen LogP contribution in [0.1, 0.15) is 29.5 Å². The van der Waals surface area contributed by atoms with Gasteiger partial charge < -0.3 is 9.64 Å². The summed E-state index contributed by atoms with van der Waals surface area (Å²) in [6.45, 7) is 1.38. The van der Waals surface area contributed by atoms with E-state index in [1.54, 1.807) is 29.7 Å². The maximum Gasteiger partial charge on any atom is 0.227 e. The summed E-state index contributed by atoms with van der Waals surface area (Å²) in [7, 11) is 0. The highest BCUT2D eigenvalue weighted by Crippen LogP contribution is 2.41. The highest BCUT2D eigenvalue weighted by molar-refractivity contribution is 7.09. The van der Waals surface area contributed by atoms with Crippen molar-refractivity contribution < 1.29 is 13.9 Å². The minimum absolute atomic E-state index is 0.0420. The van der Waals surface area contributed by atoms with Gasteiger partial charge in [-0.05, 0) is 36.5 Å². The molecule has 1 aromatic heterocycles. The topological polar surface area (TPSA) is 42.4 Å². The summed E-state index contributed by atoms with van der Waals surface area (Å²) in [6, 6.07) is 6.25. The molecule has 0 saturated carbocycles. The van der Waals surface area contributed by atoms with Crippen LogP contribution in [0, 0.1) is 11.7 Å². The predicted molar refractivity (Wildman–Crippen MR) is 89.1 cm³/mol. The smallest absolute Gasteiger partial charge is 0.227 e. The van der Waals surface area contributed by atoms with Gasteiger partial charge in [-0.25, -0.2) is 9.37 Å². The number of carbonyl (C=O) groups is 1. The average Bonchev–Trinajstić information content (AvgIpc) is 3.23. The van der Waals surface area contributed by atoms with Crippen molar-refractivity contribution in [3.63, 3.8) is 0 Å². The Kier molecular flexibility index (Phi) is 4.33. The van der Waals surface area contributed by atoms with E-state index in [1.807, 2.05) is 10.3 Å². The van der Waals surface area contributed by atoms with Crippen LogP contribution in [0.25, 0.3) is 0 Å². The zero-order valence-electron chi connectivity index (χ0n) is 13.2. The molecule has 0 N–H and O–H groups in total. The van der Waals surface area contributed by atoms with Gasteiger partial charge in [0.15, 0.2) is 0 Å². The lowest BCUT2D eigenvalue weighted by atomic mass is 9.91. The fourth-order valence-electron chi connectivity index (χ4n) is 3.64. The molecule has 3 heterocycles. The highest BCUT2D eigenvalue weighted by Gasteiger charge is 2.41. The number of thiazole rings is 1. The zero-order chi connectivity index (χ0) is 16.5. The van der Waals surface area contributed by atoms with E-state index in [-0.39, 0.29) is 30.4 Å². The molecule has 0 aliphatic carbocycles. The second-order valence-electron chi connectivity index (χ2n) is 6.46. The van der Waals surface area contributed by atoms with Crippen LogP contribution in [0.3, 0.4) is 0 Å². The van der Waals surface area contributed by atoms with E-state index in [0.717, 1.165) is 30.0 Å². The Labute approximate surface area is 144 Å². The molecule has 2 fully saturated rings. The second kappa shape index (κ2) is 6.61. The van der Waals surface area contributed by atoms with Crippen LogP contribution >= 0.6 is 11.3 Å². The Morgan fingerprint density at radius 1 is 1.46 bits per heavy atom. The summed E-state index contributed by atoms with van der Waals surface area (Å²) < 4.78 is 19.4. The van der Waals surface area contributed by atoms with Gasteiger partial charge in [-0.15, -0.1) is 11.3 Å². The summed E-state index contributed by atoms with van der Waals surface area (Å²) in [5, 5.41) is 3.00. The Bertz CT molecular complexity index is 722. The molecule has 2 aromatic rings. The second-order valence-corrected chi connectivity index (χ2v) is 7.39. The number of halogens is 1. The van der Waals surface area contributed by atoms with Crippen molar-refractivity contribution in [2.45, 2.75) is 31.5 Å². The molecule has 0 unspecified atom stereocenters. The number of piperidine rings is 1. The molecule has 2 aliphatic heterocycles. The molecule has 1 aromatic carbocycles. The predicted octanol–water partition coefficient (Wildman–Crippen LogP) is 3.20. The standard InChI is InChI=1S/C18H19FN2O2S/c19-14-3-1-2-12(8-14)9-17(22)21-6-4-13-10-15(23-16(13)11-21)18-20-5-7-24-18/h1-3,5,7-8,13,15-16H,4,6,9-11H2/t13-,15+,16+/m0/s1. The molecule has 3 atom stereocenters. The monoisotopic (exact) mass is 346 g/mol. The normalized spacial score (nSPS) is 26.4. The van der Waals surface area contributed by atoms with Crippen molar-refractivity contribution in [1.29, 1.82) is 0 Å². The van der Waals surface area contributed by atoms with E-state index in [0.29, 0.717) is 12.5 Å². The first kappa shape index (κ1) is 15.7. The number of fused-ring (bicyclic) bond motifs is 1. The van der Waals surface area contributed by atoms with E-state index in [4.69, 9.17) is 4.74 Å². The maximum absolute atomic E-state index is 13.3. The van der Waals surface area contributed by atoms with Crippen LogP contribution < -0.4 is 0 Å². The van der Waals surface area contributed by atoms with Crippen LogP contribution in [0.5, 0.6) is 0 Å². The van der Waals surface area contributed by atoms with Crippen LogP contribution in [0.15, 0.2) is 35.8 Å². The van der Waals surface area contributed by atoms with Crippen LogP contribution in [0.4, 0.5) is 4.39 Å². The lowest BCUT2D eigenvalue weighted by Crippen LogP contribution is -2.45. The Hall–Kier alpha value is -1.79. The van der Waals surface area contributed by atoms with E-state index in [1.165, 1.54) is 12.1 Å². The fourth-order valence-corrected chi connectivity index (χ4v) is 4.33. The quantitative estimate of drug-likeness (QED) is 0.857. The van der Waals surface area contributed by atoms with Gasteiger partial charge in [0.1, 0.15) is 16.9 Å². The Morgan fingerprint density at radius 2 is 2.38 bits per heavy atom. The number of rotatable bonds is 3. The van der Waals surface area contributed by atoms with Gasteiger partial charge in [-0.2, -0.15) is 0 Å². The first-order chi connectivity index (χ1) is 11.7. The maximum atomic E-state index is 13.3. The van der Waals surface area contributed by atoms with Gasteiger partial charge >= 0.3 is 0 Å². The molecule has 126 valence electrons. The van der Waals surface area contributed by atoms with Crippen LogP contribution in [-0.4, -0.2) is 35.0 Å². The molecule has 1 amide bonds. The molecule has 0 spiro atoms. The molecule has 24 heavy (non-hydrogen) atoms. The van der Waals surface area contributed by atoms with Crippen molar-refractivity contribution in [2.75, 3.05) is 13.1 Å². The molecule has 6 heteroatoms.